The molecule has 1 aromatic carbocycles. The SMILES string of the molecule is O=C1CCc2ccc3c(c2O1)C=CCO3. The van der Waals surface area contributed by atoms with Crippen molar-refractivity contribution in [2.75, 3.05) is 6.61 Å². The van der Waals surface area contributed by atoms with Crippen molar-refractivity contribution in [1.29, 1.82) is 0 Å². The largest absolute Gasteiger partial charge is 0.489 e. The van der Waals surface area contributed by atoms with Crippen LogP contribution in [0.2, 0.25) is 0 Å². The van der Waals surface area contributed by atoms with E-state index >= 15 is 0 Å². The van der Waals surface area contributed by atoms with Gasteiger partial charge >= 0.3 is 5.97 Å². The summed E-state index contributed by atoms with van der Waals surface area (Å²) in [5.74, 6) is 1.32. The lowest BCUT2D eigenvalue weighted by Gasteiger charge is -2.21. The first-order valence-electron chi connectivity index (χ1n) is 5.00. The summed E-state index contributed by atoms with van der Waals surface area (Å²) in [6.45, 7) is 0.583. The van der Waals surface area contributed by atoms with E-state index in [0.29, 0.717) is 18.8 Å². The van der Waals surface area contributed by atoms with Crippen molar-refractivity contribution in [3.63, 3.8) is 0 Å². The monoisotopic (exact) mass is 202 g/mol. The molecule has 0 saturated carbocycles. The molecule has 76 valence electrons. The minimum absolute atomic E-state index is 0.158. The lowest BCUT2D eigenvalue weighted by atomic mass is 10.0. The van der Waals surface area contributed by atoms with Crippen molar-refractivity contribution >= 4 is 12.0 Å². The van der Waals surface area contributed by atoms with Crippen molar-refractivity contribution in [2.24, 2.45) is 0 Å². The summed E-state index contributed by atoms with van der Waals surface area (Å²) < 4.78 is 10.7. The fourth-order valence-electron chi connectivity index (χ4n) is 1.93. The molecule has 0 atom stereocenters. The van der Waals surface area contributed by atoms with Crippen LogP contribution in [0, 0.1) is 0 Å². The molecule has 2 aliphatic rings. The molecule has 0 aromatic heterocycles. The second-order valence-electron chi connectivity index (χ2n) is 3.65. The summed E-state index contributed by atoms with van der Waals surface area (Å²) in [6, 6.07) is 3.91. The Morgan fingerprint density at radius 1 is 1.20 bits per heavy atom. The predicted molar refractivity (Wildman–Crippen MR) is 54.9 cm³/mol. The highest BCUT2D eigenvalue weighted by Crippen LogP contribution is 2.38. The molecule has 0 saturated heterocycles. The first-order chi connectivity index (χ1) is 7.34. The fraction of sp³-hybridized carbons (Fsp3) is 0.250. The third kappa shape index (κ3) is 1.31. The van der Waals surface area contributed by atoms with Gasteiger partial charge in [-0.2, -0.15) is 0 Å². The molecule has 3 nitrogen and oxygen atoms in total. The molecule has 2 heterocycles. The Hall–Kier alpha value is -1.77. The van der Waals surface area contributed by atoms with Crippen LogP contribution < -0.4 is 9.47 Å². The van der Waals surface area contributed by atoms with Crippen molar-refractivity contribution in [3.05, 3.63) is 29.3 Å². The van der Waals surface area contributed by atoms with Gasteiger partial charge in [-0.15, -0.1) is 0 Å². The molecule has 0 bridgehead atoms. The number of benzene rings is 1. The number of hydrogen-bond acceptors (Lipinski definition) is 3. The molecule has 0 amide bonds. The maximum atomic E-state index is 11.2. The van der Waals surface area contributed by atoms with E-state index in [2.05, 4.69) is 0 Å². The van der Waals surface area contributed by atoms with Crippen LogP contribution in [0.5, 0.6) is 11.5 Å². The van der Waals surface area contributed by atoms with Crippen LogP contribution in [0.4, 0.5) is 0 Å². The van der Waals surface area contributed by atoms with E-state index in [1.807, 2.05) is 24.3 Å². The molecule has 0 fully saturated rings. The minimum atomic E-state index is -0.158. The minimum Gasteiger partial charge on any atom is -0.489 e. The zero-order valence-corrected chi connectivity index (χ0v) is 8.16. The number of aryl methyl sites for hydroxylation is 1. The van der Waals surface area contributed by atoms with E-state index < -0.39 is 0 Å². The Morgan fingerprint density at radius 2 is 2.13 bits per heavy atom. The Morgan fingerprint density at radius 3 is 3.07 bits per heavy atom. The zero-order chi connectivity index (χ0) is 10.3. The van der Waals surface area contributed by atoms with Crippen LogP contribution in [0.15, 0.2) is 18.2 Å². The molecule has 15 heavy (non-hydrogen) atoms. The second kappa shape index (κ2) is 3.12. The molecule has 2 aliphatic heterocycles. The van der Waals surface area contributed by atoms with Gasteiger partial charge in [-0.3, -0.25) is 4.79 Å². The maximum Gasteiger partial charge on any atom is 0.311 e. The van der Waals surface area contributed by atoms with Gasteiger partial charge in [0.1, 0.15) is 18.1 Å². The average molecular weight is 202 g/mol. The molecular formula is C12H10O3. The second-order valence-corrected chi connectivity index (χ2v) is 3.65. The molecule has 3 rings (SSSR count). The van der Waals surface area contributed by atoms with Crippen LogP contribution in [0.3, 0.4) is 0 Å². The van der Waals surface area contributed by atoms with E-state index in [1.165, 1.54) is 0 Å². The topological polar surface area (TPSA) is 35.5 Å². The Labute approximate surface area is 87.3 Å². The van der Waals surface area contributed by atoms with Gasteiger partial charge in [-0.1, -0.05) is 6.07 Å². The Balaban J connectivity index is 2.18. The molecular weight excluding hydrogens is 192 g/mol. The average Bonchev–Trinajstić information content (AvgIpc) is 2.29. The van der Waals surface area contributed by atoms with Crippen LogP contribution >= 0.6 is 0 Å². The first kappa shape index (κ1) is 8.53. The smallest absolute Gasteiger partial charge is 0.311 e. The number of esters is 1. The van der Waals surface area contributed by atoms with Gasteiger partial charge in [0, 0.05) is 0 Å². The summed E-state index contributed by atoms with van der Waals surface area (Å²) >= 11 is 0. The molecule has 1 aromatic rings. The third-order valence-electron chi connectivity index (χ3n) is 2.67. The Kier molecular flexibility index (Phi) is 1.78. The van der Waals surface area contributed by atoms with E-state index in [-0.39, 0.29) is 5.97 Å². The van der Waals surface area contributed by atoms with Crippen LogP contribution in [-0.2, 0) is 11.2 Å². The number of carbonyl (C=O) groups excluding carboxylic acids is 1. The lowest BCUT2D eigenvalue weighted by Crippen LogP contribution is -2.17. The summed E-state index contributed by atoms with van der Waals surface area (Å²) in [7, 11) is 0. The summed E-state index contributed by atoms with van der Waals surface area (Å²) in [4.78, 5) is 11.2. The highest BCUT2D eigenvalue weighted by molar-refractivity contribution is 5.79. The number of rotatable bonds is 0. The summed E-state index contributed by atoms with van der Waals surface area (Å²) in [5, 5.41) is 0. The highest BCUT2D eigenvalue weighted by atomic mass is 16.5. The molecule has 0 aliphatic carbocycles. The number of ether oxygens (including phenoxy) is 2. The molecule has 0 radical (unpaired) electrons. The van der Waals surface area contributed by atoms with E-state index in [4.69, 9.17) is 9.47 Å². The number of carbonyl (C=O) groups is 1. The maximum absolute atomic E-state index is 11.2. The molecule has 0 N–H and O–H groups in total. The summed E-state index contributed by atoms with van der Waals surface area (Å²) in [6.07, 6.45) is 5.10. The Bertz CT molecular complexity index is 460. The van der Waals surface area contributed by atoms with Gasteiger partial charge < -0.3 is 9.47 Å². The number of hydrogen-bond donors (Lipinski definition) is 0. The quantitative estimate of drug-likeness (QED) is 0.476. The standard InChI is InChI=1S/C12H10O3/c13-11-6-4-8-3-5-10-9(12(8)15-11)2-1-7-14-10/h1-3,5H,4,6-7H2. The number of fused-ring (bicyclic) bond motifs is 3. The van der Waals surface area contributed by atoms with Crippen molar-refractivity contribution < 1.29 is 14.3 Å². The van der Waals surface area contributed by atoms with Gasteiger partial charge in [-0.25, -0.2) is 0 Å². The highest BCUT2D eigenvalue weighted by Gasteiger charge is 2.22. The van der Waals surface area contributed by atoms with Gasteiger partial charge in [0.2, 0.25) is 0 Å². The van der Waals surface area contributed by atoms with E-state index in [1.54, 1.807) is 0 Å². The third-order valence-corrected chi connectivity index (χ3v) is 2.67. The zero-order valence-electron chi connectivity index (χ0n) is 8.16. The van der Waals surface area contributed by atoms with Crippen LogP contribution in [-0.4, -0.2) is 12.6 Å². The van der Waals surface area contributed by atoms with E-state index in [0.717, 1.165) is 23.3 Å². The normalized spacial score (nSPS) is 17.5. The molecule has 3 heteroatoms. The lowest BCUT2D eigenvalue weighted by molar-refractivity contribution is -0.135. The molecule has 0 unspecified atom stereocenters. The fourth-order valence-corrected chi connectivity index (χ4v) is 1.93. The van der Waals surface area contributed by atoms with Gasteiger partial charge in [0.15, 0.2) is 0 Å². The molecule has 0 spiro atoms. The first-order valence-corrected chi connectivity index (χ1v) is 5.00. The van der Waals surface area contributed by atoms with Crippen LogP contribution in [0.1, 0.15) is 17.5 Å². The van der Waals surface area contributed by atoms with Crippen LogP contribution in [0.25, 0.3) is 6.08 Å². The van der Waals surface area contributed by atoms with Crippen molar-refractivity contribution in [1.82, 2.24) is 0 Å². The van der Waals surface area contributed by atoms with Crippen molar-refractivity contribution in [3.8, 4) is 11.5 Å². The van der Waals surface area contributed by atoms with Gasteiger partial charge in [0.05, 0.1) is 12.0 Å². The van der Waals surface area contributed by atoms with Gasteiger partial charge in [0.25, 0.3) is 0 Å². The van der Waals surface area contributed by atoms with Gasteiger partial charge in [-0.05, 0) is 30.2 Å². The summed E-state index contributed by atoms with van der Waals surface area (Å²) in [5.41, 5.74) is 1.98. The van der Waals surface area contributed by atoms with Crippen molar-refractivity contribution in [2.45, 2.75) is 12.8 Å². The van der Waals surface area contributed by atoms with E-state index in [9.17, 15) is 4.79 Å². The predicted octanol–water partition coefficient (Wildman–Crippen LogP) is 1.94.